The number of aromatic amines is 8. The fraction of sp³-hybridized carbons (Fsp3) is 0.156. The third kappa shape index (κ3) is 18.4. The Labute approximate surface area is 807 Å². The van der Waals surface area contributed by atoms with E-state index in [0.29, 0.717) is 29.3 Å². The molecule has 24 aromatic rings. The zero-order chi connectivity index (χ0) is 94.6. The van der Waals surface area contributed by atoms with E-state index < -0.39 is 0 Å². The van der Waals surface area contributed by atoms with Crippen LogP contribution in [-0.2, 0) is 19.6 Å². The highest BCUT2D eigenvalue weighted by molar-refractivity contribution is 6.03. The van der Waals surface area contributed by atoms with Crippen LogP contribution in [0.25, 0.3) is 223 Å². The maximum Gasteiger partial charge on any atom is 0.159 e. The lowest BCUT2D eigenvalue weighted by molar-refractivity contribution is 0.220. The zero-order valence-corrected chi connectivity index (χ0v) is 77.6. The fourth-order valence-electron chi connectivity index (χ4n) is 18.8. The van der Waals surface area contributed by atoms with Gasteiger partial charge in [0.05, 0.1) is 74.6 Å². The lowest BCUT2D eigenvalue weighted by Gasteiger charge is -2.26. The second-order valence-electron chi connectivity index (χ2n) is 36.0. The minimum Gasteiger partial charge on any atom is -0.382 e. The van der Waals surface area contributed by atoms with E-state index in [0.717, 1.165) is 225 Å². The van der Waals surface area contributed by atoms with Crippen molar-refractivity contribution in [2.45, 2.75) is 71.6 Å². The van der Waals surface area contributed by atoms with Crippen molar-refractivity contribution < 1.29 is 0 Å². The van der Waals surface area contributed by atoms with Crippen molar-refractivity contribution in [1.29, 1.82) is 0 Å². The van der Waals surface area contributed by atoms with Crippen LogP contribution in [0.3, 0.4) is 0 Å². The number of hydrogen-bond donors (Lipinski definition) is 9. The Hall–Kier alpha value is -17.9. The molecule has 2 aliphatic heterocycles. The SMILES string of the molecule is CC(C)Nc1cncc(-c2ccc3[nH]nc(-c4nc5c(-c6cccnc6)cncc5[nH]4)c3c2)c1.CN(C)Cc1cncc(-c2ccc3[nH]nc(-c4nc5c(-c6cccnc6)cncc5[nH]4)c3c2)c1.c1cncc(-c2cncc3[nH]c(-c4n[nH]c5ccc(-c6cncc(CN7CCCC7)c6)cc45)nc23)c1.c1cncc(-c2cncc3[nH]c(-c4n[nH]c5ccc(-c6cncc(CN7CCCCC7)c6)cc45)nc23)c1. The molecular formula is C109H94N32. The van der Waals surface area contributed by atoms with Crippen LogP contribution in [0.5, 0.6) is 0 Å². The molecule has 26 rings (SSSR count). The van der Waals surface area contributed by atoms with Gasteiger partial charge in [0.1, 0.15) is 44.8 Å². The number of nitrogens with zero attached hydrogens (tertiary/aromatic N) is 23. The van der Waals surface area contributed by atoms with Crippen molar-refractivity contribution in [1.82, 2.24) is 155 Å². The van der Waals surface area contributed by atoms with Gasteiger partial charge in [-0.15, -0.1) is 0 Å². The molecule has 0 saturated carbocycles. The first kappa shape index (κ1) is 87.2. The van der Waals surface area contributed by atoms with E-state index in [1.165, 1.54) is 75.0 Å². The third-order valence-electron chi connectivity index (χ3n) is 25.5. The Bertz CT molecular complexity index is 8350. The molecule has 4 aromatic carbocycles. The van der Waals surface area contributed by atoms with Crippen molar-refractivity contribution >= 4 is 93.4 Å². The van der Waals surface area contributed by atoms with Gasteiger partial charge in [0.2, 0.25) is 0 Å². The Balaban J connectivity index is 0.000000105. The highest BCUT2D eigenvalue weighted by atomic mass is 15.2. The van der Waals surface area contributed by atoms with Gasteiger partial charge in [0.15, 0.2) is 23.3 Å². The molecule has 0 radical (unpaired) electrons. The molecule has 2 fully saturated rings. The largest absolute Gasteiger partial charge is 0.382 e. The van der Waals surface area contributed by atoms with Crippen molar-refractivity contribution in [2.24, 2.45) is 0 Å². The summed E-state index contributed by atoms with van der Waals surface area (Å²) in [7, 11) is 4.11. The van der Waals surface area contributed by atoms with Crippen LogP contribution in [-0.4, -0.2) is 201 Å². The van der Waals surface area contributed by atoms with Crippen LogP contribution in [0.4, 0.5) is 5.69 Å². The molecule has 0 aliphatic carbocycles. The van der Waals surface area contributed by atoms with Crippen LogP contribution >= 0.6 is 0 Å². The standard InChI is InChI=1S/C29H26N8.C28H24N8.2C26H22N8/c1-2-9-37(10-3-1)18-19-11-22(15-31-13-19)20-6-7-25-23(12-20)28(36-35-25)29-33-26-17-32-16-24(27(26)34-29)21-5-4-8-30-14-21;1-2-9-36(8-1)17-18-10-21(14-30-12-18)19-5-6-24-22(11-19)27(35-34-24)28-32-25-16-31-15-23(26(25)33-28)20-4-3-7-29-13-20;1-34(2)15-16-8-19(12-28-10-16)17-5-6-22-20(9-17)25(33-32-22)26-30-23-14-29-13-21(24(23)31-26)18-4-3-7-27-11-18;1-15(2)30-19-8-18(11-28-12-19)16-5-6-22-20(9-16)25(34-33-22)26-31-23-14-29-13-21(24(23)32-26)17-4-3-7-27-10-17/h4-8,11-17H,1-3,9-10,18H2,(H,33,34)(H,35,36);3-7,10-16H,1-2,8-9,17H2,(H,32,33)(H,34,35);3-14H,15H2,1-2H3,(H,30,31)(H,32,33);3-15,30H,1-2H3,(H,31,32)(H,33,34). The van der Waals surface area contributed by atoms with E-state index in [4.69, 9.17) is 19.9 Å². The molecule has 690 valence electrons. The molecule has 141 heavy (non-hydrogen) atoms. The quantitative estimate of drug-likeness (QED) is 0.0342. The van der Waals surface area contributed by atoms with Crippen LogP contribution in [0.2, 0.25) is 0 Å². The van der Waals surface area contributed by atoms with Crippen molar-refractivity contribution in [3.05, 3.63) is 311 Å². The van der Waals surface area contributed by atoms with Crippen LogP contribution in [0, 0.1) is 0 Å². The highest BCUT2D eigenvalue weighted by Crippen LogP contribution is 2.40. The summed E-state index contributed by atoms with van der Waals surface area (Å²) in [4.78, 5) is 93.0. The summed E-state index contributed by atoms with van der Waals surface area (Å²) in [5, 5.41) is 38.4. The van der Waals surface area contributed by atoms with Gasteiger partial charge in [-0.2, -0.15) is 20.4 Å². The number of imidazole rings is 4. The molecule has 32 nitrogen and oxygen atoms in total. The zero-order valence-electron chi connectivity index (χ0n) is 77.6. The average Bonchev–Trinajstić information content (AvgIpc) is 1.62. The van der Waals surface area contributed by atoms with Crippen molar-refractivity contribution in [2.75, 3.05) is 45.6 Å². The summed E-state index contributed by atoms with van der Waals surface area (Å²) in [6.07, 6.45) is 50.6. The number of anilines is 1. The molecule has 0 spiro atoms. The van der Waals surface area contributed by atoms with Gasteiger partial charge in [-0.25, -0.2) is 19.9 Å². The lowest BCUT2D eigenvalue weighted by Crippen LogP contribution is -2.29. The smallest absolute Gasteiger partial charge is 0.159 e. The first-order valence-electron chi connectivity index (χ1n) is 47.0. The first-order chi connectivity index (χ1) is 69.4. The first-order valence-corrected chi connectivity index (χ1v) is 47.0. The van der Waals surface area contributed by atoms with Crippen molar-refractivity contribution in [3.8, 4) is 135 Å². The molecule has 32 heteroatoms. The molecule has 0 bridgehead atoms. The summed E-state index contributed by atoms with van der Waals surface area (Å²) in [5.41, 5.74) is 34.6. The predicted molar refractivity (Wildman–Crippen MR) is 552 cm³/mol. The number of pyridine rings is 12. The van der Waals surface area contributed by atoms with Crippen molar-refractivity contribution in [3.63, 3.8) is 0 Å². The minimum atomic E-state index is 0.333. The number of rotatable bonds is 20. The molecule has 22 heterocycles. The summed E-state index contributed by atoms with van der Waals surface area (Å²) in [5.74, 6) is 2.78. The maximum atomic E-state index is 4.94. The van der Waals surface area contributed by atoms with E-state index in [2.05, 4.69) is 253 Å². The van der Waals surface area contributed by atoms with Crippen LogP contribution < -0.4 is 5.32 Å². The highest BCUT2D eigenvalue weighted by Gasteiger charge is 2.25. The average molecular weight is 1850 g/mol. The fourth-order valence-corrected chi connectivity index (χ4v) is 18.8. The van der Waals surface area contributed by atoms with Gasteiger partial charge in [-0.1, -0.05) is 55.0 Å². The molecule has 20 aromatic heterocycles. The molecular weight excluding hydrogens is 1760 g/mol. The Morgan fingerprint density at radius 1 is 0.284 bits per heavy atom. The molecule has 0 unspecified atom stereocenters. The number of benzene rings is 4. The van der Waals surface area contributed by atoms with Crippen LogP contribution in [0.15, 0.2) is 294 Å². The third-order valence-corrected chi connectivity index (χ3v) is 25.5. The number of piperidine rings is 1. The Morgan fingerprint density at radius 2 is 0.574 bits per heavy atom. The molecule has 0 atom stereocenters. The van der Waals surface area contributed by atoms with E-state index in [1.54, 1.807) is 49.6 Å². The summed E-state index contributed by atoms with van der Waals surface area (Å²) in [6.45, 7) is 11.6. The second-order valence-corrected chi connectivity index (χ2v) is 36.0. The Morgan fingerprint density at radius 3 is 0.887 bits per heavy atom. The number of fused-ring (bicyclic) bond motifs is 8. The van der Waals surface area contributed by atoms with E-state index >= 15 is 0 Å². The van der Waals surface area contributed by atoms with Gasteiger partial charge in [0, 0.05) is 238 Å². The maximum absolute atomic E-state index is 4.94. The number of H-pyrrole nitrogens is 8. The van der Waals surface area contributed by atoms with Crippen LogP contribution in [0.1, 0.15) is 62.6 Å². The minimum absolute atomic E-state index is 0.333. The van der Waals surface area contributed by atoms with Gasteiger partial charge >= 0.3 is 0 Å². The van der Waals surface area contributed by atoms with E-state index in [-0.39, 0.29) is 0 Å². The number of aromatic nitrogens is 28. The van der Waals surface area contributed by atoms with E-state index in [1.807, 2.05) is 160 Å². The predicted octanol–water partition coefficient (Wildman–Crippen LogP) is 21.0. The molecule has 9 N–H and O–H groups in total. The molecule has 2 saturated heterocycles. The molecule has 0 amide bonds. The second kappa shape index (κ2) is 38.7. The topological polar surface area (TPSA) is 406 Å². The lowest BCUT2D eigenvalue weighted by atomic mass is 10.0. The summed E-state index contributed by atoms with van der Waals surface area (Å²) in [6, 6.07) is 50.0. The number of likely N-dealkylation sites (tertiary alicyclic amines) is 2. The number of hydrogen-bond acceptors (Lipinski definition) is 24. The monoisotopic (exact) mass is 1850 g/mol. The summed E-state index contributed by atoms with van der Waals surface area (Å²) < 4.78 is 0. The summed E-state index contributed by atoms with van der Waals surface area (Å²) >= 11 is 0. The van der Waals surface area contributed by atoms with E-state index in [9.17, 15) is 0 Å². The molecule has 2 aliphatic rings. The van der Waals surface area contributed by atoms with Gasteiger partial charge in [0.25, 0.3) is 0 Å². The number of nitrogens with one attached hydrogen (secondary N) is 9. The Kier molecular flexibility index (Phi) is 23.9. The van der Waals surface area contributed by atoms with Gasteiger partial charge in [-0.05, 0) is 216 Å². The normalized spacial score (nSPS) is 13.0. The van der Waals surface area contributed by atoms with Gasteiger partial charge in [-0.3, -0.25) is 90.0 Å². The van der Waals surface area contributed by atoms with Gasteiger partial charge < -0.3 is 30.2 Å².